The van der Waals surface area contributed by atoms with Crippen LogP contribution in [0.25, 0.3) is 11.1 Å². The summed E-state index contributed by atoms with van der Waals surface area (Å²) in [4.78, 5) is 0. The molecule has 2 rings (SSSR count). The van der Waals surface area contributed by atoms with Crippen molar-refractivity contribution in [2.45, 2.75) is 26.4 Å². The monoisotopic (exact) mass is 279 g/mol. The Bertz CT molecular complexity index is 549. The predicted molar refractivity (Wildman–Crippen MR) is 77.7 cm³/mol. The molecule has 4 heteroatoms. The number of hydrogen-bond donors (Lipinski definition) is 1. The molecule has 0 aliphatic heterocycles. The van der Waals surface area contributed by atoms with Crippen LogP contribution in [0.4, 0.5) is 0 Å². The molecule has 0 spiro atoms. The quantitative estimate of drug-likeness (QED) is 0.894. The lowest BCUT2D eigenvalue weighted by atomic mass is 10.1. The molecule has 19 heavy (non-hydrogen) atoms. The van der Waals surface area contributed by atoms with Gasteiger partial charge in [0.15, 0.2) is 0 Å². The molecule has 1 N–H and O–H groups in total. The molecule has 0 aliphatic carbocycles. The van der Waals surface area contributed by atoms with Crippen molar-refractivity contribution >= 4 is 11.6 Å². The Morgan fingerprint density at radius 1 is 1.32 bits per heavy atom. The lowest BCUT2D eigenvalue weighted by Gasteiger charge is -2.09. The van der Waals surface area contributed by atoms with Crippen molar-refractivity contribution in [1.82, 2.24) is 5.32 Å². The highest BCUT2D eigenvalue weighted by atomic mass is 35.5. The van der Waals surface area contributed by atoms with Crippen molar-refractivity contribution in [2.24, 2.45) is 0 Å². The summed E-state index contributed by atoms with van der Waals surface area (Å²) in [5.41, 5.74) is 2.08. The molecule has 102 valence electrons. The van der Waals surface area contributed by atoms with E-state index in [0.717, 1.165) is 16.9 Å². The SMILES string of the molecule is COc1ccc(-c2ccoc2CNC(C)C)cc1Cl. The molecule has 0 amide bonds. The number of rotatable bonds is 5. The number of nitrogens with one attached hydrogen (secondary N) is 1. The van der Waals surface area contributed by atoms with Gasteiger partial charge in [-0.05, 0) is 23.8 Å². The van der Waals surface area contributed by atoms with Crippen molar-refractivity contribution in [3.05, 3.63) is 41.3 Å². The Balaban J connectivity index is 2.27. The van der Waals surface area contributed by atoms with Crippen LogP contribution >= 0.6 is 11.6 Å². The predicted octanol–water partition coefficient (Wildman–Crippen LogP) is 4.11. The van der Waals surface area contributed by atoms with Gasteiger partial charge in [-0.3, -0.25) is 0 Å². The molecule has 0 fully saturated rings. The highest BCUT2D eigenvalue weighted by molar-refractivity contribution is 6.32. The van der Waals surface area contributed by atoms with Crippen molar-refractivity contribution in [3.63, 3.8) is 0 Å². The number of benzene rings is 1. The van der Waals surface area contributed by atoms with Crippen LogP contribution in [0.5, 0.6) is 5.75 Å². The molecule has 0 saturated carbocycles. The maximum absolute atomic E-state index is 6.16. The van der Waals surface area contributed by atoms with E-state index in [1.807, 2.05) is 24.3 Å². The summed E-state index contributed by atoms with van der Waals surface area (Å²) in [6.45, 7) is 4.91. The van der Waals surface area contributed by atoms with E-state index in [1.165, 1.54) is 0 Å². The van der Waals surface area contributed by atoms with Crippen LogP contribution in [-0.2, 0) is 6.54 Å². The summed E-state index contributed by atoms with van der Waals surface area (Å²) in [5.74, 6) is 1.59. The molecule has 3 nitrogen and oxygen atoms in total. The largest absolute Gasteiger partial charge is 0.495 e. The Morgan fingerprint density at radius 2 is 2.11 bits per heavy atom. The summed E-state index contributed by atoms with van der Waals surface area (Å²) in [5, 5.41) is 3.94. The fourth-order valence-electron chi connectivity index (χ4n) is 1.87. The topological polar surface area (TPSA) is 34.4 Å². The van der Waals surface area contributed by atoms with E-state index in [2.05, 4.69) is 19.2 Å². The molecule has 1 aromatic heterocycles. The van der Waals surface area contributed by atoms with E-state index in [1.54, 1.807) is 13.4 Å². The van der Waals surface area contributed by atoms with Crippen LogP contribution in [0.15, 0.2) is 34.9 Å². The zero-order chi connectivity index (χ0) is 13.8. The number of halogens is 1. The second kappa shape index (κ2) is 6.13. The van der Waals surface area contributed by atoms with E-state index >= 15 is 0 Å². The van der Waals surface area contributed by atoms with Crippen molar-refractivity contribution in [2.75, 3.05) is 7.11 Å². The molecular formula is C15H18ClNO2. The number of methoxy groups -OCH3 is 1. The smallest absolute Gasteiger partial charge is 0.137 e. The second-order valence-electron chi connectivity index (χ2n) is 4.64. The minimum atomic E-state index is 0.414. The van der Waals surface area contributed by atoms with Gasteiger partial charge < -0.3 is 14.5 Å². The molecular weight excluding hydrogens is 262 g/mol. The van der Waals surface area contributed by atoms with Crippen molar-refractivity contribution < 1.29 is 9.15 Å². The summed E-state index contributed by atoms with van der Waals surface area (Å²) in [7, 11) is 1.61. The average Bonchev–Trinajstić information content (AvgIpc) is 2.84. The van der Waals surface area contributed by atoms with E-state index in [4.69, 9.17) is 20.8 Å². The molecule has 1 aromatic carbocycles. The first kappa shape index (κ1) is 14.0. The van der Waals surface area contributed by atoms with Gasteiger partial charge in [0.05, 0.1) is 24.9 Å². The third-order valence-electron chi connectivity index (χ3n) is 2.88. The molecule has 0 bridgehead atoms. The maximum atomic E-state index is 6.16. The Morgan fingerprint density at radius 3 is 2.74 bits per heavy atom. The summed E-state index contributed by atoms with van der Waals surface area (Å²) in [6, 6.07) is 8.11. The normalized spacial score (nSPS) is 11.0. The van der Waals surface area contributed by atoms with E-state index in [0.29, 0.717) is 23.4 Å². The molecule has 1 heterocycles. The Labute approximate surface area is 118 Å². The van der Waals surface area contributed by atoms with Gasteiger partial charge in [-0.25, -0.2) is 0 Å². The number of furan rings is 1. The molecule has 0 aliphatic rings. The Kier molecular flexibility index (Phi) is 4.51. The summed E-state index contributed by atoms with van der Waals surface area (Å²) < 4.78 is 10.7. The van der Waals surface area contributed by atoms with Gasteiger partial charge in [-0.2, -0.15) is 0 Å². The molecule has 0 radical (unpaired) electrons. The zero-order valence-electron chi connectivity index (χ0n) is 11.4. The summed E-state index contributed by atoms with van der Waals surface area (Å²) >= 11 is 6.16. The first-order valence-corrected chi connectivity index (χ1v) is 6.63. The van der Waals surface area contributed by atoms with E-state index < -0.39 is 0 Å². The van der Waals surface area contributed by atoms with E-state index in [9.17, 15) is 0 Å². The zero-order valence-corrected chi connectivity index (χ0v) is 12.1. The summed E-state index contributed by atoms with van der Waals surface area (Å²) in [6.07, 6.45) is 1.70. The third-order valence-corrected chi connectivity index (χ3v) is 3.17. The average molecular weight is 280 g/mol. The highest BCUT2D eigenvalue weighted by Gasteiger charge is 2.11. The van der Waals surface area contributed by atoms with Gasteiger partial charge in [-0.1, -0.05) is 31.5 Å². The van der Waals surface area contributed by atoms with Gasteiger partial charge in [0, 0.05) is 11.6 Å². The maximum Gasteiger partial charge on any atom is 0.137 e. The molecule has 0 unspecified atom stereocenters. The van der Waals surface area contributed by atoms with Crippen LogP contribution in [0, 0.1) is 0 Å². The van der Waals surface area contributed by atoms with Gasteiger partial charge in [0.1, 0.15) is 11.5 Å². The molecule has 0 saturated heterocycles. The number of hydrogen-bond acceptors (Lipinski definition) is 3. The van der Waals surface area contributed by atoms with Crippen molar-refractivity contribution in [1.29, 1.82) is 0 Å². The Hall–Kier alpha value is -1.45. The first-order valence-electron chi connectivity index (χ1n) is 6.25. The van der Waals surface area contributed by atoms with Crippen LogP contribution in [0.3, 0.4) is 0 Å². The fourth-order valence-corrected chi connectivity index (χ4v) is 2.12. The first-order chi connectivity index (χ1) is 9.11. The second-order valence-corrected chi connectivity index (χ2v) is 5.05. The van der Waals surface area contributed by atoms with Crippen LogP contribution < -0.4 is 10.1 Å². The van der Waals surface area contributed by atoms with E-state index in [-0.39, 0.29) is 0 Å². The van der Waals surface area contributed by atoms with Crippen molar-refractivity contribution in [3.8, 4) is 16.9 Å². The minimum Gasteiger partial charge on any atom is -0.495 e. The standard InChI is InChI=1S/C15H18ClNO2/c1-10(2)17-9-15-12(6-7-19-15)11-4-5-14(18-3)13(16)8-11/h4-8,10,17H,9H2,1-3H3. The highest BCUT2D eigenvalue weighted by Crippen LogP contribution is 2.32. The van der Waals surface area contributed by atoms with Gasteiger partial charge in [0.2, 0.25) is 0 Å². The lowest BCUT2D eigenvalue weighted by molar-refractivity contribution is 0.415. The third kappa shape index (κ3) is 3.31. The molecule has 2 aromatic rings. The van der Waals surface area contributed by atoms with Gasteiger partial charge in [-0.15, -0.1) is 0 Å². The van der Waals surface area contributed by atoms with Crippen LogP contribution in [-0.4, -0.2) is 13.2 Å². The van der Waals surface area contributed by atoms with Gasteiger partial charge >= 0.3 is 0 Å². The van der Waals surface area contributed by atoms with Crippen LogP contribution in [0.1, 0.15) is 19.6 Å². The number of ether oxygens (including phenoxy) is 1. The lowest BCUT2D eigenvalue weighted by Crippen LogP contribution is -2.21. The minimum absolute atomic E-state index is 0.414. The molecule has 0 atom stereocenters. The van der Waals surface area contributed by atoms with Crippen LogP contribution in [0.2, 0.25) is 5.02 Å². The van der Waals surface area contributed by atoms with Gasteiger partial charge in [0.25, 0.3) is 0 Å². The fraction of sp³-hybridized carbons (Fsp3) is 0.333.